The van der Waals surface area contributed by atoms with Gasteiger partial charge in [0.25, 0.3) is 0 Å². The van der Waals surface area contributed by atoms with Gasteiger partial charge in [-0.05, 0) is 42.5 Å². The molecule has 1 aliphatic carbocycles. The van der Waals surface area contributed by atoms with Crippen LogP contribution in [0.25, 0.3) is 0 Å². The smallest absolute Gasteiger partial charge is 0.229 e. The summed E-state index contributed by atoms with van der Waals surface area (Å²) in [5.74, 6) is 0. The molecule has 0 bridgehead atoms. The van der Waals surface area contributed by atoms with Gasteiger partial charge >= 0.3 is 0 Å². The highest BCUT2D eigenvalue weighted by Gasteiger charge is 2.16. The Kier molecular flexibility index (Phi) is 2.03. The quantitative estimate of drug-likeness (QED) is 0.805. The van der Waals surface area contributed by atoms with E-state index in [1.165, 1.54) is 17.4 Å². The molecule has 1 N–H and O–H groups in total. The van der Waals surface area contributed by atoms with Gasteiger partial charge in [0.2, 0.25) is 10.0 Å². The van der Waals surface area contributed by atoms with Crippen molar-refractivity contribution in [3.05, 3.63) is 28.8 Å². The van der Waals surface area contributed by atoms with E-state index in [9.17, 15) is 8.42 Å². The van der Waals surface area contributed by atoms with E-state index in [1.807, 2.05) is 13.0 Å². The number of hydrogen-bond donors (Lipinski definition) is 1. The van der Waals surface area contributed by atoms with Gasteiger partial charge in [0, 0.05) is 0 Å². The van der Waals surface area contributed by atoms with Crippen LogP contribution in [0.2, 0.25) is 0 Å². The van der Waals surface area contributed by atoms with Crippen LogP contribution in [0.5, 0.6) is 0 Å². The van der Waals surface area contributed by atoms with Crippen molar-refractivity contribution in [1.29, 1.82) is 0 Å². The maximum absolute atomic E-state index is 11.1. The minimum absolute atomic E-state index is 0.714. The number of rotatable bonds is 2. The number of benzene rings is 1. The fraction of sp³-hybridized carbons (Fsp3) is 0.400. The highest BCUT2D eigenvalue weighted by atomic mass is 32.2. The number of fused-ring (bicyclic) bond motifs is 1. The van der Waals surface area contributed by atoms with E-state index in [0.717, 1.165) is 18.4 Å². The Morgan fingerprint density at radius 1 is 1.21 bits per heavy atom. The summed E-state index contributed by atoms with van der Waals surface area (Å²) in [7, 11) is -3.16. The van der Waals surface area contributed by atoms with Crippen molar-refractivity contribution in [1.82, 2.24) is 0 Å². The molecule has 0 saturated carbocycles. The van der Waals surface area contributed by atoms with Gasteiger partial charge in [-0.3, -0.25) is 4.72 Å². The molecule has 4 heteroatoms. The number of aryl methyl sites for hydroxylation is 3. The molecule has 0 aromatic heterocycles. The van der Waals surface area contributed by atoms with Crippen LogP contribution in [0.1, 0.15) is 16.7 Å². The molecule has 0 aliphatic heterocycles. The summed E-state index contributed by atoms with van der Waals surface area (Å²) in [6.07, 6.45) is 3.36. The van der Waals surface area contributed by atoms with Crippen LogP contribution in [0, 0.1) is 6.92 Å². The van der Waals surface area contributed by atoms with Crippen LogP contribution in [-0.2, 0) is 22.9 Å². The predicted molar refractivity (Wildman–Crippen MR) is 57.1 cm³/mol. The Bertz CT molecular complexity index is 477. The largest absolute Gasteiger partial charge is 0.284 e. The second-order valence-electron chi connectivity index (χ2n) is 3.81. The van der Waals surface area contributed by atoms with Gasteiger partial charge in [-0.15, -0.1) is 0 Å². The van der Waals surface area contributed by atoms with E-state index in [-0.39, 0.29) is 0 Å². The monoisotopic (exact) mass is 211 g/mol. The van der Waals surface area contributed by atoms with E-state index in [0.29, 0.717) is 5.69 Å². The summed E-state index contributed by atoms with van der Waals surface area (Å²) in [5, 5.41) is 0. The summed E-state index contributed by atoms with van der Waals surface area (Å²) in [4.78, 5) is 0. The van der Waals surface area contributed by atoms with Crippen molar-refractivity contribution in [2.75, 3.05) is 11.0 Å². The van der Waals surface area contributed by atoms with Crippen molar-refractivity contribution in [2.45, 2.75) is 19.8 Å². The molecule has 0 heterocycles. The lowest BCUT2D eigenvalue weighted by Gasteiger charge is -2.21. The van der Waals surface area contributed by atoms with Crippen molar-refractivity contribution in [3.63, 3.8) is 0 Å². The molecular weight excluding hydrogens is 198 g/mol. The van der Waals surface area contributed by atoms with E-state index < -0.39 is 10.0 Å². The molecule has 3 nitrogen and oxygen atoms in total. The second-order valence-corrected chi connectivity index (χ2v) is 5.56. The molecule has 0 saturated heterocycles. The first kappa shape index (κ1) is 9.52. The van der Waals surface area contributed by atoms with Crippen LogP contribution in [0.4, 0.5) is 5.69 Å². The predicted octanol–water partition coefficient (Wildman–Crippen LogP) is 1.47. The van der Waals surface area contributed by atoms with Gasteiger partial charge in [0.15, 0.2) is 0 Å². The maximum Gasteiger partial charge on any atom is 0.229 e. The molecule has 0 unspecified atom stereocenters. The number of sulfonamides is 1. The third-order valence-corrected chi connectivity index (χ3v) is 3.10. The Balaban J connectivity index is 2.39. The molecule has 0 atom stereocenters. The first-order valence-electron chi connectivity index (χ1n) is 4.56. The molecule has 76 valence electrons. The molecule has 0 amide bonds. The minimum atomic E-state index is -3.16. The zero-order valence-electron chi connectivity index (χ0n) is 8.29. The molecule has 1 aliphatic rings. The molecule has 0 fully saturated rings. The summed E-state index contributed by atoms with van der Waals surface area (Å²) >= 11 is 0. The molecule has 0 radical (unpaired) electrons. The highest BCUT2D eigenvalue weighted by Crippen LogP contribution is 2.29. The highest BCUT2D eigenvalue weighted by molar-refractivity contribution is 7.92. The maximum atomic E-state index is 11.1. The first-order valence-corrected chi connectivity index (χ1v) is 6.45. The van der Waals surface area contributed by atoms with E-state index in [2.05, 4.69) is 10.8 Å². The Labute approximate surface area is 84.2 Å². The lowest BCUT2D eigenvalue weighted by Crippen LogP contribution is -2.14. The van der Waals surface area contributed by atoms with Gasteiger partial charge in [-0.25, -0.2) is 8.42 Å². The standard InChI is InChI=1S/C10H13NO2S/c1-7-5-8-3-4-9(8)6-10(7)11-14(2,12)13/h5-6,11H,3-4H2,1-2H3. The molecule has 2 rings (SSSR count). The first-order chi connectivity index (χ1) is 6.46. The Hall–Kier alpha value is -1.03. The Morgan fingerprint density at radius 2 is 1.79 bits per heavy atom. The molecule has 1 aromatic carbocycles. The van der Waals surface area contributed by atoms with Gasteiger partial charge in [-0.2, -0.15) is 0 Å². The summed E-state index contributed by atoms with van der Waals surface area (Å²) < 4.78 is 24.6. The van der Waals surface area contributed by atoms with Gasteiger partial charge in [0.1, 0.15) is 0 Å². The van der Waals surface area contributed by atoms with Crippen LogP contribution >= 0.6 is 0 Å². The van der Waals surface area contributed by atoms with Crippen LogP contribution in [0.15, 0.2) is 12.1 Å². The summed E-state index contributed by atoms with van der Waals surface area (Å²) in [6.45, 7) is 1.92. The minimum Gasteiger partial charge on any atom is -0.284 e. The fourth-order valence-electron chi connectivity index (χ4n) is 1.68. The van der Waals surface area contributed by atoms with Crippen LogP contribution in [-0.4, -0.2) is 14.7 Å². The fourth-order valence-corrected chi connectivity index (χ4v) is 2.30. The zero-order valence-corrected chi connectivity index (χ0v) is 9.11. The van der Waals surface area contributed by atoms with Gasteiger partial charge < -0.3 is 0 Å². The zero-order chi connectivity index (χ0) is 10.3. The van der Waals surface area contributed by atoms with Crippen molar-refractivity contribution < 1.29 is 8.42 Å². The van der Waals surface area contributed by atoms with E-state index >= 15 is 0 Å². The van der Waals surface area contributed by atoms with Crippen LogP contribution < -0.4 is 4.72 Å². The topological polar surface area (TPSA) is 46.2 Å². The van der Waals surface area contributed by atoms with Crippen LogP contribution in [0.3, 0.4) is 0 Å². The third kappa shape index (κ3) is 1.75. The summed E-state index contributed by atoms with van der Waals surface area (Å²) in [6, 6.07) is 4.00. The Morgan fingerprint density at radius 3 is 2.29 bits per heavy atom. The number of nitrogens with one attached hydrogen (secondary N) is 1. The van der Waals surface area contributed by atoms with Crippen molar-refractivity contribution in [3.8, 4) is 0 Å². The number of anilines is 1. The molecular formula is C10H13NO2S. The lowest BCUT2D eigenvalue weighted by molar-refractivity contribution is 0.606. The average molecular weight is 211 g/mol. The van der Waals surface area contributed by atoms with Gasteiger partial charge in [0.05, 0.1) is 11.9 Å². The number of hydrogen-bond acceptors (Lipinski definition) is 2. The van der Waals surface area contributed by atoms with E-state index in [4.69, 9.17) is 0 Å². The summed E-state index contributed by atoms with van der Waals surface area (Å²) in [5.41, 5.74) is 4.32. The van der Waals surface area contributed by atoms with Crippen molar-refractivity contribution in [2.24, 2.45) is 0 Å². The lowest BCUT2D eigenvalue weighted by atomic mass is 9.87. The molecule has 14 heavy (non-hydrogen) atoms. The molecule has 1 aromatic rings. The SMILES string of the molecule is Cc1cc2c(cc1NS(C)(=O)=O)CC2. The van der Waals surface area contributed by atoms with E-state index in [1.54, 1.807) is 0 Å². The second kappa shape index (κ2) is 2.98. The molecule has 0 spiro atoms. The third-order valence-electron chi connectivity index (χ3n) is 2.51. The normalized spacial score (nSPS) is 14.4. The van der Waals surface area contributed by atoms with Crippen molar-refractivity contribution >= 4 is 15.7 Å². The van der Waals surface area contributed by atoms with Gasteiger partial charge in [-0.1, -0.05) is 6.07 Å². The average Bonchev–Trinajstić information content (AvgIpc) is 2.01.